The van der Waals surface area contributed by atoms with Crippen molar-refractivity contribution in [2.45, 2.75) is 44.6 Å². The zero-order valence-corrected chi connectivity index (χ0v) is 17.9. The van der Waals surface area contributed by atoms with E-state index >= 15 is 0 Å². The zero-order chi connectivity index (χ0) is 22.9. The third kappa shape index (κ3) is 11.4. The van der Waals surface area contributed by atoms with Crippen molar-refractivity contribution in [1.82, 2.24) is 9.80 Å². The minimum absolute atomic E-state index is 0.119. The van der Waals surface area contributed by atoms with E-state index in [0.717, 1.165) is 44.8 Å². The average Bonchev–Trinajstić information content (AvgIpc) is 2.74. The van der Waals surface area contributed by atoms with Crippen LogP contribution in [0.15, 0.2) is 24.3 Å². The largest absolute Gasteiger partial charge is 0.494 e. The first-order valence-corrected chi connectivity index (χ1v) is 10.6. The Kier molecular flexibility index (Phi) is 13.7. The molecule has 1 unspecified atom stereocenters. The summed E-state index contributed by atoms with van der Waals surface area (Å²) in [5.74, 6) is 0.185. The molecule has 1 saturated heterocycles. The van der Waals surface area contributed by atoms with Gasteiger partial charge in [0.05, 0.1) is 13.2 Å². The number of aryl methyl sites for hydroxylation is 1. The molecular weight excluding hydrogens is 404 g/mol. The number of nitrogens with zero attached hydrogens (tertiary/aromatic N) is 2. The Morgan fingerprint density at radius 1 is 1.03 bits per heavy atom. The summed E-state index contributed by atoms with van der Waals surface area (Å²) in [7, 11) is 0. The van der Waals surface area contributed by atoms with E-state index in [1.807, 2.05) is 6.07 Å². The van der Waals surface area contributed by atoms with E-state index in [0.29, 0.717) is 12.6 Å². The molecule has 2 bridgehead atoms. The maximum absolute atomic E-state index is 11.2. The molecule has 0 aromatic heterocycles. The molecule has 0 saturated carbocycles. The first-order chi connectivity index (χ1) is 15.0. The molecule has 9 heteroatoms. The van der Waals surface area contributed by atoms with Crippen molar-refractivity contribution in [3.05, 3.63) is 29.8 Å². The molecule has 0 radical (unpaired) electrons. The first kappa shape index (κ1) is 26.4. The van der Waals surface area contributed by atoms with Crippen LogP contribution in [0, 0.1) is 0 Å². The topological polar surface area (TPSA) is 128 Å². The Morgan fingerprint density at radius 2 is 1.77 bits per heavy atom. The van der Waals surface area contributed by atoms with Crippen molar-refractivity contribution in [2.24, 2.45) is 0 Å². The maximum atomic E-state index is 11.2. The molecule has 0 amide bonds. The van der Waals surface area contributed by atoms with E-state index < -0.39 is 5.97 Å². The Labute approximate surface area is 183 Å². The fourth-order valence-electron chi connectivity index (χ4n) is 4.01. The highest BCUT2D eigenvalue weighted by molar-refractivity contribution is 5.69. The minimum atomic E-state index is -0.745. The highest BCUT2D eigenvalue weighted by atomic mass is 16.5. The number of benzene rings is 1. The van der Waals surface area contributed by atoms with Crippen LogP contribution in [0.3, 0.4) is 0 Å². The molecule has 174 valence electrons. The smallest absolute Gasteiger partial charge is 0.317 e. The fourth-order valence-corrected chi connectivity index (χ4v) is 4.01. The Hall–Kier alpha value is -2.65. The summed E-state index contributed by atoms with van der Waals surface area (Å²) in [6.07, 6.45) is 6.93. The van der Waals surface area contributed by atoms with Gasteiger partial charge in [0.25, 0.3) is 12.9 Å². The monoisotopic (exact) mass is 438 g/mol. The number of carboxylic acids is 1. The number of ether oxygens (including phenoxy) is 1. The highest BCUT2D eigenvalue weighted by Gasteiger charge is 2.23. The van der Waals surface area contributed by atoms with Gasteiger partial charge in [-0.3, -0.25) is 24.2 Å². The lowest BCUT2D eigenvalue weighted by Crippen LogP contribution is -2.45. The van der Waals surface area contributed by atoms with Gasteiger partial charge < -0.3 is 20.1 Å². The van der Waals surface area contributed by atoms with E-state index in [4.69, 9.17) is 24.5 Å². The standard InChI is InChI=1S/C20H30N2O3.2CH2O2/c23-20(24)16-21-10-4-14-25-19-7-3-5-17(15-19)8-9-18-6-1-2-11-22(18)13-12-21;2*2-1-3/h3,5,7,15,18H,1-2,4,6,8-14,16H2,(H,23,24);2*1H,(H,2,3). The Balaban J connectivity index is 0.000000720. The molecule has 1 atom stereocenters. The molecule has 1 aromatic rings. The average molecular weight is 439 g/mol. The lowest BCUT2D eigenvalue weighted by atomic mass is 9.95. The van der Waals surface area contributed by atoms with Gasteiger partial charge in [-0.2, -0.15) is 0 Å². The van der Waals surface area contributed by atoms with Gasteiger partial charge in [-0.15, -0.1) is 0 Å². The third-order valence-electron chi connectivity index (χ3n) is 5.36. The molecule has 0 spiro atoms. The van der Waals surface area contributed by atoms with Crippen LogP contribution < -0.4 is 4.74 Å². The Morgan fingerprint density at radius 3 is 2.48 bits per heavy atom. The lowest BCUT2D eigenvalue weighted by molar-refractivity contribution is -0.138. The van der Waals surface area contributed by atoms with E-state index in [1.165, 1.54) is 31.2 Å². The summed E-state index contributed by atoms with van der Waals surface area (Å²) in [6.45, 7) is 3.96. The Bertz CT molecular complexity index is 651. The van der Waals surface area contributed by atoms with Gasteiger partial charge in [0.15, 0.2) is 0 Å². The molecule has 2 aliphatic heterocycles. The van der Waals surface area contributed by atoms with E-state index in [2.05, 4.69) is 28.0 Å². The van der Waals surface area contributed by atoms with Gasteiger partial charge in [0, 0.05) is 25.7 Å². The maximum Gasteiger partial charge on any atom is 0.317 e. The summed E-state index contributed by atoms with van der Waals surface area (Å²) in [4.78, 5) is 32.5. The van der Waals surface area contributed by atoms with Crippen molar-refractivity contribution >= 4 is 18.9 Å². The lowest BCUT2D eigenvalue weighted by Gasteiger charge is -2.37. The number of rotatable bonds is 2. The summed E-state index contributed by atoms with van der Waals surface area (Å²) in [5, 5.41) is 23.0. The quantitative estimate of drug-likeness (QED) is 0.594. The molecule has 0 aliphatic carbocycles. The highest BCUT2D eigenvalue weighted by Crippen LogP contribution is 2.23. The van der Waals surface area contributed by atoms with E-state index in [9.17, 15) is 9.90 Å². The van der Waals surface area contributed by atoms with Crippen LogP contribution in [0.5, 0.6) is 5.75 Å². The molecule has 3 N–H and O–H groups in total. The van der Waals surface area contributed by atoms with Crippen LogP contribution in [0.1, 0.15) is 37.7 Å². The van der Waals surface area contributed by atoms with Gasteiger partial charge >= 0.3 is 5.97 Å². The number of hydrogen-bond donors (Lipinski definition) is 3. The van der Waals surface area contributed by atoms with Gasteiger partial charge in [-0.25, -0.2) is 0 Å². The number of carboxylic acid groups (broad SMARTS) is 3. The van der Waals surface area contributed by atoms with Crippen LogP contribution in [0.2, 0.25) is 0 Å². The van der Waals surface area contributed by atoms with Crippen LogP contribution in [0.25, 0.3) is 0 Å². The zero-order valence-electron chi connectivity index (χ0n) is 17.9. The summed E-state index contributed by atoms with van der Waals surface area (Å²) in [6, 6.07) is 9.06. The van der Waals surface area contributed by atoms with E-state index in [-0.39, 0.29) is 19.5 Å². The van der Waals surface area contributed by atoms with Crippen LogP contribution in [-0.4, -0.2) is 89.4 Å². The number of hydrogen-bond acceptors (Lipinski definition) is 6. The molecule has 3 rings (SSSR count). The van der Waals surface area contributed by atoms with Crippen molar-refractivity contribution in [3.8, 4) is 5.75 Å². The summed E-state index contributed by atoms with van der Waals surface area (Å²) < 4.78 is 5.87. The number of carbonyl (C=O) groups is 3. The van der Waals surface area contributed by atoms with Gasteiger partial charge in [-0.1, -0.05) is 18.6 Å². The molecule has 2 heterocycles. The van der Waals surface area contributed by atoms with Gasteiger partial charge in [0.2, 0.25) is 0 Å². The molecule has 2 aliphatic rings. The van der Waals surface area contributed by atoms with Crippen LogP contribution in [0.4, 0.5) is 0 Å². The van der Waals surface area contributed by atoms with Crippen molar-refractivity contribution < 1.29 is 34.4 Å². The van der Waals surface area contributed by atoms with Crippen LogP contribution in [-0.2, 0) is 20.8 Å². The van der Waals surface area contributed by atoms with Crippen molar-refractivity contribution in [1.29, 1.82) is 0 Å². The summed E-state index contributed by atoms with van der Waals surface area (Å²) >= 11 is 0. The van der Waals surface area contributed by atoms with Crippen molar-refractivity contribution in [2.75, 3.05) is 39.3 Å². The molecule has 31 heavy (non-hydrogen) atoms. The predicted octanol–water partition coefficient (Wildman–Crippen LogP) is 2.04. The third-order valence-corrected chi connectivity index (χ3v) is 5.36. The minimum Gasteiger partial charge on any atom is -0.494 e. The predicted molar refractivity (Wildman–Crippen MR) is 116 cm³/mol. The number of piperidine rings is 1. The number of fused-ring (bicyclic) bond motifs is 3. The molecular formula is C22H34N2O7. The summed E-state index contributed by atoms with van der Waals surface area (Å²) in [5.41, 5.74) is 1.35. The second-order valence-corrected chi connectivity index (χ2v) is 7.45. The van der Waals surface area contributed by atoms with Crippen LogP contribution >= 0.6 is 0 Å². The van der Waals surface area contributed by atoms with Gasteiger partial charge in [-0.05, 0) is 56.3 Å². The molecule has 1 fully saturated rings. The van der Waals surface area contributed by atoms with Gasteiger partial charge in [0.1, 0.15) is 5.75 Å². The fraction of sp³-hybridized carbons (Fsp3) is 0.591. The second kappa shape index (κ2) is 16.1. The SMILES string of the molecule is O=C(O)CN1CCCOc2cccc(c2)CCC2CCCCN2CC1.O=CO.O=CO. The van der Waals surface area contributed by atoms with E-state index in [1.54, 1.807) is 0 Å². The molecule has 9 nitrogen and oxygen atoms in total. The normalized spacial score (nSPS) is 20.1. The molecule has 1 aromatic carbocycles. The first-order valence-electron chi connectivity index (χ1n) is 10.6. The second-order valence-electron chi connectivity index (χ2n) is 7.45. The van der Waals surface area contributed by atoms with Crippen molar-refractivity contribution in [3.63, 3.8) is 0 Å². The number of aliphatic carboxylic acids is 1.